The molecule has 0 radical (unpaired) electrons. The molecule has 0 spiro atoms. The molecule has 0 saturated heterocycles. The van der Waals surface area contributed by atoms with Crippen molar-refractivity contribution in [3.8, 4) is 0 Å². The number of anilines is 2. The van der Waals surface area contributed by atoms with E-state index in [1.807, 2.05) is 13.0 Å². The molecule has 1 atom stereocenters. The summed E-state index contributed by atoms with van der Waals surface area (Å²) >= 11 is 0. The van der Waals surface area contributed by atoms with E-state index in [2.05, 4.69) is 17.2 Å². The van der Waals surface area contributed by atoms with Crippen LogP contribution in [0.4, 0.5) is 11.5 Å². The molecule has 0 aliphatic carbocycles. The molecular formula is C11H19N3O. The van der Waals surface area contributed by atoms with Gasteiger partial charge in [-0.15, -0.1) is 0 Å². The standard InChI is InChI=1S/C11H19N3O/c1-4-9(7-15-3)14-11-10(12)5-8(2)6-13-11/h5-6,9H,4,7,12H2,1-3H3,(H,13,14). The lowest BCUT2D eigenvalue weighted by atomic mass is 10.2. The van der Waals surface area contributed by atoms with Crippen LogP contribution in [0.25, 0.3) is 0 Å². The number of nitrogen functional groups attached to an aromatic ring is 1. The average molecular weight is 209 g/mol. The second-order valence-corrected chi connectivity index (χ2v) is 3.66. The molecule has 0 aliphatic rings. The number of aryl methyl sites for hydroxylation is 1. The second-order valence-electron chi connectivity index (χ2n) is 3.66. The van der Waals surface area contributed by atoms with Gasteiger partial charge in [0.15, 0.2) is 0 Å². The van der Waals surface area contributed by atoms with Crippen LogP contribution < -0.4 is 11.1 Å². The van der Waals surface area contributed by atoms with Gasteiger partial charge in [0, 0.05) is 13.3 Å². The number of aromatic nitrogens is 1. The highest BCUT2D eigenvalue weighted by atomic mass is 16.5. The van der Waals surface area contributed by atoms with Crippen LogP contribution in [0.15, 0.2) is 12.3 Å². The molecule has 84 valence electrons. The van der Waals surface area contributed by atoms with Crippen LogP contribution in [0.5, 0.6) is 0 Å². The summed E-state index contributed by atoms with van der Waals surface area (Å²) in [4.78, 5) is 4.26. The molecule has 4 heteroatoms. The quantitative estimate of drug-likeness (QED) is 0.776. The molecule has 1 unspecified atom stereocenters. The summed E-state index contributed by atoms with van der Waals surface area (Å²) in [5, 5.41) is 3.26. The van der Waals surface area contributed by atoms with E-state index in [1.165, 1.54) is 0 Å². The zero-order valence-corrected chi connectivity index (χ0v) is 9.58. The first kappa shape index (κ1) is 11.8. The molecule has 1 rings (SSSR count). The highest BCUT2D eigenvalue weighted by Crippen LogP contribution is 2.17. The number of nitrogens with zero attached hydrogens (tertiary/aromatic N) is 1. The minimum atomic E-state index is 0.257. The van der Waals surface area contributed by atoms with Crippen molar-refractivity contribution in [2.45, 2.75) is 26.3 Å². The van der Waals surface area contributed by atoms with Crippen molar-refractivity contribution in [3.63, 3.8) is 0 Å². The highest BCUT2D eigenvalue weighted by molar-refractivity contribution is 5.62. The predicted molar refractivity (Wildman–Crippen MR) is 63.0 cm³/mol. The lowest BCUT2D eigenvalue weighted by Crippen LogP contribution is -2.25. The molecular weight excluding hydrogens is 190 g/mol. The van der Waals surface area contributed by atoms with Crippen LogP contribution in [-0.4, -0.2) is 24.7 Å². The summed E-state index contributed by atoms with van der Waals surface area (Å²) < 4.78 is 5.10. The van der Waals surface area contributed by atoms with Gasteiger partial charge in [-0.1, -0.05) is 6.92 Å². The van der Waals surface area contributed by atoms with Gasteiger partial charge in [-0.2, -0.15) is 0 Å². The minimum absolute atomic E-state index is 0.257. The van der Waals surface area contributed by atoms with Gasteiger partial charge in [-0.25, -0.2) is 4.98 Å². The van der Waals surface area contributed by atoms with E-state index in [4.69, 9.17) is 10.5 Å². The fraction of sp³-hybridized carbons (Fsp3) is 0.545. The van der Waals surface area contributed by atoms with Gasteiger partial charge in [0.1, 0.15) is 5.82 Å². The van der Waals surface area contributed by atoms with Crippen LogP contribution in [0.1, 0.15) is 18.9 Å². The molecule has 15 heavy (non-hydrogen) atoms. The predicted octanol–water partition coefficient (Wildman–Crippen LogP) is 1.81. The Kier molecular flexibility index (Phi) is 4.37. The lowest BCUT2D eigenvalue weighted by Gasteiger charge is -2.17. The van der Waals surface area contributed by atoms with E-state index in [1.54, 1.807) is 13.3 Å². The minimum Gasteiger partial charge on any atom is -0.396 e. The summed E-state index contributed by atoms with van der Waals surface area (Å²) in [5.41, 5.74) is 7.61. The third-order valence-electron chi connectivity index (χ3n) is 2.26. The van der Waals surface area contributed by atoms with E-state index in [0.29, 0.717) is 12.3 Å². The van der Waals surface area contributed by atoms with Crippen LogP contribution in [-0.2, 0) is 4.74 Å². The number of rotatable bonds is 5. The molecule has 4 nitrogen and oxygen atoms in total. The Balaban J connectivity index is 2.70. The zero-order valence-electron chi connectivity index (χ0n) is 9.58. The Morgan fingerprint density at radius 2 is 2.33 bits per heavy atom. The van der Waals surface area contributed by atoms with Gasteiger partial charge in [0.05, 0.1) is 18.3 Å². The number of hydrogen-bond acceptors (Lipinski definition) is 4. The monoisotopic (exact) mass is 209 g/mol. The van der Waals surface area contributed by atoms with E-state index < -0.39 is 0 Å². The van der Waals surface area contributed by atoms with Crippen LogP contribution in [0.3, 0.4) is 0 Å². The highest BCUT2D eigenvalue weighted by Gasteiger charge is 2.08. The van der Waals surface area contributed by atoms with Crippen molar-refractivity contribution in [2.75, 3.05) is 24.8 Å². The first-order valence-electron chi connectivity index (χ1n) is 5.15. The van der Waals surface area contributed by atoms with Crippen molar-refractivity contribution < 1.29 is 4.74 Å². The Morgan fingerprint density at radius 3 is 2.87 bits per heavy atom. The van der Waals surface area contributed by atoms with Crippen molar-refractivity contribution in [2.24, 2.45) is 0 Å². The summed E-state index contributed by atoms with van der Waals surface area (Å²) in [6, 6.07) is 2.17. The molecule has 0 aromatic carbocycles. The maximum Gasteiger partial charge on any atom is 0.149 e. The Morgan fingerprint density at radius 1 is 1.60 bits per heavy atom. The molecule has 0 amide bonds. The number of methoxy groups -OCH3 is 1. The number of pyridine rings is 1. The van der Waals surface area contributed by atoms with Gasteiger partial charge in [0.2, 0.25) is 0 Å². The van der Waals surface area contributed by atoms with Crippen molar-refractivity contribution in [3.05, 3.63) is 17.8 Å². The lowest BCUT2D eigenvalue weighted by molar-refractivity contribution is 0.184. The van der Waals surface area contributed by atoms with E-state index in [0.717, 1.165) is 17.8 Å². The van der Waals surface area contributed by atoms with Crippen molar-refractivity contribution in [1.82, 2.24) is 4.98 Å². The summed E-state index contributed by atoms with van der Waals surface area (Å²) in [6.45, 7) is 4.73. The first-order valence-corrected chi connectivity index (χ1v) is 5.15. The van der Waals surface area contributed by atoms with E-state index in [-0.39, 0.29) is 6.04 Å². The third kappa shape index (κ3) is 3.40. The smallest absolute Gasteiger partial charge is 0.149 e. The van der Waals surface area contributed by atoms with E-state index in [9.17, 15) is 0 Å². The van der Waals surface area contributed by atoms with Crippen LogP contribution in [0.2, 0.25) is 0 Å². The maximum atomic E-state index is 5.85. The summed E-state index contributed by atoms with van der Waals surface area (Å²) in [6.07, 6.45) is 2.78. The SMILES string of the molecule is CCC(COC)Nc1ncc(C)cc1N. The largest absolute Gasteiger partial charge is 0.396 e. The fourth-order valence-electron chi connectivity index (χ4n) is 1.37. The molecule has 0 saturated carbocycles. The number of ether oxygens (including phenoxy) is 1. The van der Waals surface area contributed by atoms with Crippen molar-refractivity contribution >= 4 is 11.5 Å². The molecule has 0 bridgehead atoms. The maximum absolute atomic E-state index is 5.85. The fourth-order valence-corrected chi connectivity index (χ4v) is 1.37. The van der Waals surface area contributed by atoms with Crippen molar-refractivity contribution in [1.29, 1.82) is 0 Å². The van der Waals surface area contributed by atoms with Gasteiger partial charge in [-0.3, -0.25) is 0 Å². The van der Waals surface area contributed by atoms with E-state index >= 15 is 0 Å². The molecule has 3 N–H and O–H groups in total. The normalized spacial score (nSPS) is 12.5. The average Bonchev–Trinajstić information content (AvgIpc) is 2.21. The number of nitrogens with two attached hydrogens (primary N) is 1. The molecule has 1 aromatic heterocycles. The molecule has 0 fully saturated rings. The van der Waals surface area contributed by atoms with Crippen LogP contribution >= 0.6 is 0 Å². The molecule has 0 aliphatic heterocycles. The van der Waals surface area contributed by atoms with Gasteiger partial charge < -0.3 is 15.8 Å². The second kappa shape index (κ2) is 5.56. The third-order valence-corrected chi connectivity index (χ3v) is 2.26. The Labute approximate surface area is 90.8 Å². The zero-order chi connectivity index (χ0) is 11.3. The Bertz CT molecular complexity index is 315. The molecule has 1 heterocycles. The topological polar surface area (TPSA) is 60.2 Å². The molecule has 1 aromatic rings. The van der Waals surface area contributed by atoms with Gasteiger partial charge >= 0.3 is 0 Å². The first-order chi connectivity index (χ1) is 7.17. The van der Waals surface area contributed by atoms with Crippen LogP contribution in [0, 0.1) is 6.92 Å². The number of nitrogens with one attached hydrogen (secondary N) is 1. The Hall–Kier alpha value is -1.29. The number of hydrogen-bond donors (Lipinski definition) is 2. The summed E-state index contributed by atoms with van der Waals surface area (Å²) in [5.74, 6) is 0.740. The summed E-state index contributed by atoms with van der Waals surface area (Å²) in [7, 11) is 1.69. The van der Waals surface area contributed by atoms with Gasteiger partial charge in [-0.05, 0) is 25.0 Å². The van der Waals surface area contributed by atoms with Gasteiger partial charge in [0.25, 0.3) is 0 Å².